The van der Waals surface area contributed by atoms with Crippen molar-refractivity contribution < 1.29 is 9.18 Å². The fourth-order valence-corrected chi connectivity index (χ4v) is 2.95. The van der Waals surface area contributed by atoms with Crippen molar-refractivity contribution in [3.63, 3.8) is 0 Å². The van der Waals surface area contributed by atoms with Gasteiger partial charge in [-0.25, -0.2) is 4.39 Å². The monoisotopic (exact) mass is 312 g/mol. The Kier molecular flexibility index (Phi) is 4.44. The Morgan fingerprint density at radius 2 is 2.00 bits per heavy atom. The van der Waals surface area contributed by atoms with Gasteiger partial charge in [-0.2, -0.15) is 0 Å². The zero-order valence-electron chi connectivity index (χ0n) is 13.4. The molecule has 0 aromatic heterocycles. The standard InChI is InChI=1S/C19H21FN2O/c1-22(2)12-13-6-5-7-14(10-13)21-19(23)17-11-16(17)15-8-3-4-9-18(15)20/h3-10,16-17H,11-12H2,1-2H3,(H,21,23). The van der Waals surface area contributed by atoms with E-state index in [0.717, 1.165) is 17.8 Å². The molecular weight excluding hydrogens is 291 g/mol. The minimum atomic E-state index is -0.221. The number of carbonyl (C=O) groups is 1. The smallest absolute Gasteiger partial charge is 0.228 e. The third-order valence-corrected chi connectivity index (χ3v) is 4.13. The van der Waals surface area contributed by atoms with Crippen molar-refractivity contribution in [3.05, 3.63) is 65.5 Å². The molecule has 4 heteroatoms. The summed E-state index contributed by atoms with van der Waals surface area (Å²) in [4.78, 5) is 14.4. The molecule has 2 aromatic rings. The molecule has 120 valence electrons. The Morgan fingerprint density at radius 3 is 2.74 bits per heavy atom. The van der Waals surface area contributed by atoms with Crippen LogP contribution in [-0.2, 0) is 11.3 Å². The van der Waals surface area contributed by atoms with Gasteiger partial charge in [-0.05, 0) is 55.8 Å². The zero-order chi connectivity index (χ0) is 16.4. The van der Waals surface area contributed by atoms with Gasteiger partial charge in [0.15, 0.2) is 0 Å². The van der Waals surface area contributed by atoms with Crippen molar-refractivity contribution >= 4 is 11.6 Å². The molecule has 0 heterocycles. The van der Waals surface area contributed by atoms with E-state index in [1.807, 2.05) is 44.4 Å². The van der Waals surface area contributed by atoms with Crippen LogP contribution < -0.4 is 5.32 Å². The Hall–Kier alpha value is -2.20. The average molecular weight is 312 g/mol. The van der Waals surface area contributed by atoms with Crippen molar-refractivity contribution in [3.8, 4) is 0 Å². The number of rotatable bonds is 5. The second-order valence-electron chi connectivity index (χ2n) is 6.40. The number of hydrogen-bond donors (Lipinski definition) is 1. The van der Waals surface area contributed by atoms with Crippen molar-refractivity contribution in [1.82, 2.24) is 4.90 Å². The molecule has 1 aliphatic rings. The van der Waals surface area contributed by atoms with Crippen molar-refractivity contribution in [1.29, 1.82) is 0 Å². The highest BCUT2D eigenvalue weighted by Gasteiger charge is 2.45. The fourth-order valence-electron chi connectivity index (χ4n) is 2.95. The Balaban J connectivity index is 1.64. The molecule has 3 rings (SSSR count). The minimum absolute atomic E-state index is 0.00107. The van der Waals surface area contributed by atoms with Gasteiger partial charge in [0.25, 0.3) is 0 Å². The molecule has 1 amide bonds. The summed E-state index contributed by atoms with van der Waals surface area (Å²) in [6.45, 7) is 0.824. The van der Waals surface area contributed by atoms with Crippen LogP contribution in [0.3, 0.4) is 0 Å². The number of benzene rings is 2. The number of hydrogen-bond acceptors (Lipinski definition) is 2. The van der Waals surface area contributed by atoms with E-state index >= 15 is 0 Å². The molecule has 1 fully saturated rings. The van der Waals surface area contributed by atoms with E-state index < -0.39 is 0 Å². The van der Waals surface area contributed by atoms with Gasteiger partial charge < -0.3 is 10.2 Å². The first kappa shape index (κ1) is 15.7. The SMILES string of the molecule is CN(C)Cc1cccc(NC(=O)C2CC2c2ccccc2F)c1. The van der Waals surface area contributed by atoms with Crippen molar-refractivity contribution in [2.24, 2.45) is 5.92 Å². The molecule has 1 N–H and O–H groups in total. The Bertz CT molecular complexity index is 714. The van der Waals surface area contributed by atoms with Crippen LogP contribution in [0.5, 0.6) is 0 Å². The second kappa shape index (κ2) is 6.50. The predicted molar refractivity (Wildman–Crippen MR) is 89.7 cm³/mol. The molecule has 2 unspecified atom stereocenters. The van der Waals surface area contributed by atoms with E-state index in [2.05, 4.69) is 10.2 Å². The van der Waals surface area contributed by atoms with Crippen LogP contribution in [0, 0.1) is 11.7 Å². The molecule has 2 aromatic carbocycles. The zero-order valence-corrected chi connectivity index (χ0v) is 13.4. The summed E-state index contributed by atoms with van der Waals surface area (Å²) in [5, 5.41) is 2.96. The molecule has 0 bridgehead atoms. The lowest BCUT2D eigenvalue weighted by Crippen LogP contribution is -2.15. The van der Waals surface area contributed by atoms with E-state index in [-0.39, 0.29) is 23.6 Å². The minimum Gasteiger partial charge on any atom is -0.326 e. The maximum atomic E-state index is 13.8. The number of nitrogens with one attached hydrogen (secondary N) is 1. The maximum absolute atomic E-state index is 13.8. The van der Waals surface area contributed by atoms with Gasteiger partial charge in [-0.3, -0.25) is 4.79 Å². The summed E-state index contributed by atoms with van der Waals surface area (Å²) < 4.78 is 13.8. The summed E-state index contributed by atoms with van der Waals surface area (Å²) in [5.74, 6) is -0.383. The highest BCUT2D eigenvalue weighted by atomic mass is 19.1. The van der Waals surface area contributed by atoms with E-state index in [4.69, 9.17) is 0 Å². The van der Waals surface area contributed by atoms with Crippen LogP contribution >= 0.6 is 0 Å². The number of halogens is 1. The third kappa shape index (κ3) is 3.77. The summed E-state index contributed by atoms with van der Waals surface area (Å²) >= 11 is 0. The van der Waals surface area contributed by atoms with Gasteiger partial charge in [-0.15, -0.1) is 0 Å². The normalized spacial score (nSPS) is 19.7. The van der Waals surface area contributed by atoms with Crippen LogP contribution in [0.2, 0.25) is 0 Å². The molecule has 3 nitrogen and oxygen atoms in total. The largest absolute Gasteiger partial charge is 0.326 e. The molecule has 1 saturated carbocycles. The van der Waals surface area contributed by atoms with Gasteiger partial charge in [0.05, 0.1) is 0 Å². The van der Waals surface area contributed by atoms with E-state index in [1.165, 1.54) is 6.07 Å². The number of nitrogens with zero attached hydrogens (tertiary/aromatic N) is 1. The van der Waals surface area contributed by atoms with E-state index in [9.17, 15) is 9.18 Å². The van der Waals surface area contributed by atoms with Crippen LogP contribution in [0.25, 0.3) is 0 Å². The van der Waals surface area contributed by atoms with Crippen LogP contribution in [0.4, 0.5) is 10.1 Å². The first-order valence-electron chi connectivity index (χ1n) is 7.83. The topological polar surface area (TPSA) is 32.3 Å². The van der Waals surface area contributed by atoms with Crippen LogP contribution in [-0.4, -0.2) is 24.9 Å². The summed E-state index contributed by atoms with van der Waals surface area (Å²) in [6, 6.07) is 14.6. The van der Waals surface area contributed by atoms with Gasteiger partial charge >= 0.3 is 0 Å². The predicted octanol–water partition coefficient (Wildman–Crippen LogP) is 3.63. The lowest BCUT2D eigenvalue weighted by molar-refractivity contribution is -0.117. The second-order valence-corrected chi connectivity index (χ2v) is 6.40. The van der Waals surface area contributed by atoms with Gasteiger partial charge in [0, 0.05) is 18.2 Å². The van der Waals surface area contributed by atoms with E-state index in [1.54, 1.807) is 12.1 Å². The first-order valence-corrected chi connectivity index (χ1v) is 7.83. The number of anilines is 1. The Morgan fingerprint density at radius 1 is 1.22 bits per heavy atom. The lowest BCUT2D eigenvalue weighted by Gasteiger charge is -2.11. The average Bonchev–Trinajstić information content (AvgIpc) is 3.28. The maximum Gasteiger partial charge on any atom is 0.228 e. The van der Waals surface area contributed by atoms with Crippen molar-refractivity contribution in [2.45, 2.75) is 18.9 Å². The number of amides is 1. The molecule has 23 heavy (non-hydrogen) atoms. The molecular formula is C19H21FN2O. The molecule has 0 aliphatic heterocycles. The van der Waals surface area contributed by atoms with Crippen LogP contribution in [0.15, 0.2) is 48.5 Å². The van der Waals surface area contributed by atoms with Gasteiger partial charge in [-0.1, -0.05) is 30.3 Å². The first-order chi connectivity index (χ1) is 11.0. The summed E-state index contributed by atoms with van der Waals surface area (Å²) in [6.07, 6.45) is 0.712. The highest BCUT2D eigenvalue weighted by Crippen LogP contribution is 2.48. The van der Waals surface area contributed by atoms with Gasteiger partial charge in [0.2, 0.25) is 5.91 Å². The fraction of sp³-hybridized carbons (Fsp3) is 0.316. The summed E-state index contributed by atoms with van der Waals surface area (Å²) in [5.41, 5.74) is 2.59. The molecule has 0 saturated heterocycles. The van der Waals surface area contributed by atoms with E-state index in [0.29, 0.717) is 12.0 Å². The van der Waals surface area contributed by atoms with Crippen molar-refractivity contribution in [2.75, 3.05) is 19.4 Å². The molecule has 0 radical (unpaired) electrons. The summed E-state index contributed by atoms with van der Waals surface area (Å²) in [7, 11) is 4.02. The molecule has 2 atom stereocenters. The quantitative estimate of drug-likeness (QED) is 0.914. The van der Waals surface area contributed by atoms with Crippen LogP contribution in [0.1, 0.15) is 23.5 Å². The third-order valence-electron chi connectivity index (χ3n) is 4.13. The lowest BCUT2D eigenvalue weighted by atomic mass is 10.1. The molecule has 0 spiro atoms. The molecule has 1 aliphatic carbocycles. The highest BCUT2D eigenvalue weighted by molar-refractivity contribution is 5.95. The number of carbonyl (C=O) groups excluding carboxylic acids is 1. The Labute approximate surface area is 136 Å². The van der Waals surface area contributed by atoms with Gasteiger partial charge in [0.1, 0.15) is 5.82 Å².